The minimum atomic E-state index is -3.37. The molecule has 1 aromatic rings. The Hall–Kier alpha value is -0.200. The predicted octanol–water partition coefficient (Wildman–Crippen LogP) is 3.15. The lowest BCUT2D eigenvalue weighted by Gasteiger charge is -2.15. The number of carbonyl (C=O) groups is 1. The lowest BCUT2D eigenvalue weighted by Crippen LogP contribution is -2.29. The highest BCUT2D eigenvalue weighted by molar-refractivity contribution is 9.10. The Morgan fingerprint density at radius 1 is 1.41 bits per heavy atom. The second kappa shape index (κ2) is 5.63. The maximum Gasteiger partial charge on any atom is 0.188 e. The Morgan fingerprint density at radius 3 is 2.41 bits per heavy atom. The molecule has 1 heterocycles. The van der Waals surface area contributed by atoms with E-state index in [1.54, 1.807) is 18.4 Å². The van der Waals surface area contributed by atoms with Crippen molar-refractivity contribution in [2.24, 2.45) is 5.92 Å². The molecular formula is C11H15BrO3S2. The van der Waals surface area contributed by atoms with Gasteiger partial charge in [0.15, 0.2) is 15.6 Å². The Balaban J connectivity index is 2.86. The minimum Gasteiger partial charge on any atom is -0.292 e. The third-order valence-electron chi connectivity index (χ3n) is 2.71. The van der Waals surface area contributed by atoms with Crippen LogP contribution < -0.4 is 0 Å². The molecule has 0 fully saturated rings. The zero-order chi connectivity index (χ0) is 13.2. The average Bonchev–Trinajstić information content (AvgIpc) is 2.62. The number of halogens is 1. The van der Waals surface area contributed by atoms with Crippen LogP contribution in [0.1, 0.15) is 30.4 Å². The molecule has 0 aliphatic heterocycles. The maximum absolute atomic E-state index is 12.0. The molecule has 0 spiro atoms. The van der Waals surface area contributed by atoms with Crippen LogP contribution in [0, 0.1) is 5.92 Å². The summed E-state index contributed by atoms with van der Waals surface area (Å²) in [4.78, 5) is 12.3. The lowest BCUT2D eigenvalue weighted by atomic mass is 10.2. The first-order valence-corrected chi connectivity index (χ1v) is 8.62. The van der Waals surface area contributed by atoms with Crippen molar-refractivity contribution in [3.63, 3.8) is 0 Å². The highest BCUT2D eigenvalue weighted by Gasteiger charge is 2.28. The zero-order valence-electron chi connectivity index (χ0n) is 9.94. The standard InChI is InChI=1S/C11H15BrO3S2/c1-7(2)8(3)17(14,15)6-10(13)11-9(12)4-5-16-11/h4-5,7-8H,6H2,1-3H3. The molecule has 17 heavy (non-hydrogen) atoms. The summed E-state index contributed by atoms with van der Waals surface area (Å²) < 4.78 is 24.6. The van der Waals surface area contributed by atoms with Gasteiger partial charge in [-0.15, -0.1) is 11.3 Å². The van der Waals surface area contributed by atoms with E-state index in [-0.39, 0.29) is 11.7 Å². The van der Waals surface area contributed by atoms with Gasteiger partial charge in [-0.25, -0.2) is 8.42 Å². The second-order valence-corrected chi connectivity index (χ2v) is 8.41. The van der Waals surface area contributed by atoms with Crippen LogP contribution in [0.15, 0.2) is 15.9 Å². The molecule has 0 aliphatic rings. The molecule has 0 amide bonds. The first kappa shape index (κ1) is 14.9. The number of thiophene rings is 1. The van der Waals surface area contributed by atoms with Crippen LogP contribution in [0.25, 0.3) is 0 Å². The first-order chi connectivity index (χ1) is 7.75. The molecule has 6 heteroatoms. The fourth-order valence-corrected chi connectivity index (χ4v) is 4.51. The van der Waals surface area contributed by atoms with E-state index in [0.29, 0.717) is 9.35 Å². The molecule has 0 saturated carbocycles. The molecule has 1 aromatic heterocycles. The monoisotopic (exact) mass is 338 g/mol. The minimum absolute atomic E-state index is 0.0135. The van der Waals surface area contributed by atoms with Gasteiger partial charge in [-0.3, -0.25) is 4.79 Å². The zero-order valence-corrected chi connectivity index (χ0v) is 13.2. The predicted molar refractivity (Wildman–Crippen MR) is 74.4 cm³/mol. The summed E-state index contributed by atoms with van der Waals surface area (Å²) in [6, 6.07) is 1.75. The van der Waals surface area contributed by atoms with Gasteiger partial charge in [0.05, 0.1) is 10.1 Å². The van der Waals surface area contributed by atoms with E-state index in [4.69, 9.17) is 0 Å². The molecule has 1 atom stereocenters. The summed E-state index contributed by atoms with van der Waals surface area (Å²) in [5.41, 5.74) is 0. The number of sulfone groups is 1. The molecule has 0 bridgehead atoms. The van der Waals surface area contributed by atoms with Crippen LogP contribution in [0.2, 0.25) is 0 Å². The van der Waals surface area contributed by atoms with E-state index >= 15 is 0 Å². The Bertz CT molecular complexity index is 503. The van der Waals surface area contributed by atoms with Gasteiger partial charge in [-0.05, 0) is 40.2 Å². The molecule has 0 aliphatic carbocycles. The van der Waals surface area contributed by atoms with Gasteiger partial charge in [0.25, 0.3) is 0 Å². The van der Waals surface area contributed by atoms with Crippen molar-refractivity contribution >= 4 is 42.9 Å². The van der Waals surface area contributed by atoms with Crippen molar-refractivity contribution in [2.75, 3.05) is 5.75 Å². The van der Waals surface area contributed by atoms with Gasteiger partial charge < -0.3 is 0 Å². The highest BCUT2D eigenvalue weighted by atomic mass is 79.9. The molecule has 96 valence electrons. The number of Topliss-reactive ketones (excluding diaryl/α,β-unsaturated/α-hetero) is 1. The van der Waals surface area contributed by atoms with E-state index in [9.17, 15) is 13.2 Å². The molecule has 0 radical (unpaired) electrons. The number of carbonyl (C=O) groups excluding carboxylic acids is 1. The van der Waals surface area contributed by atoms with E-state index in [0.717, 1.165) is 0 Å². The molecule has 3 nitrogen and oxygen atoms in total. The fraction of sp³-hybridized carbons (Fsp3) is 0.545. The Morgan fingerprint density at radius 2 is 2.00 bits per heavy atom. The van der Waals surface area contributed by atoms with Crippen LogP contribution in [0.5, 0.6) is 0 Å². The van der Waals surface area contributed by atoms with Crippen LogP contribution >= 0.6 is 27.3 Å². The Kier molecular flexibility index (Phi) is 4.92. The van der Waals surface area contributed by atoms with Crippen LogP contribution in [0.4, 0.5) is 0 Å². The number of hydrogen-bond donors (Lipinski definition) is 0. The maximum atomic E-state index is 12.0. The van der Waals surface area contributed by atoms with Gasteiger partial charge in [0.2, 0.25) is 0 Å². The normalized spacial score (nSPS) is 13.9. The Labute approximate surface area is 114 Å². The van der Waals surface area contributed by atoms with Gasteiger partial charge in [0, 0.05) is 4.47 Å². The summed E-state index contributed by atoms with van der Waals surface area (Å²) in [6.45, 7) is 5.33. The number of ketones is 1. The van der Waals surface area contributed by atoms with Crippen molar-refractivity contribution in [1.29, 1.82) is 0 Å². The summed E-state index contributed by atoms with van der Waals surface area (Å²) in [7, 11) is -3.37. The van der Waals surface area contributed by atoms with Crippen molar-refractivity contribution in [1.82, 2.24) is 0 Å². The van der Waals surface area contributed by atoms with E-state index < -0.39 is 20.8 Å². The molecular weight excluding hydrogens is 324 g/mol. The topological polar surface area (TPSA) is 51.2 Å². The van der Waals surface area contributed by atoms with Gasteiger partial charge in [0.1, 0.15) is 5.75 Å². The fourth-order valence-electron chi connectivity index (χ4n) is 1.29. The van der Waals surface area contributed by atoms with Crippen LogP contribution in [-0.4, -0.2) is 25.2 Å². The molecule has 1 rings (SSSR count). The first-order valence-electron chi connectivity index (χ1n) is 5.23. The van der Waals surface area contributed by atoms with Crippen LogP contribution in [-0.2, 0) is 9.84 Å². The molecule has 0 saturated heterocycles. The number of rotatable bonds is 5. The van der Waals surface area contributed by atoms with Gasteiger partial charge >= 0.3 is 0 Å². The number of hydrogen-bond acceptors (Lipinski definition) is 4. The van der Waals surface area contributed by atoms with Crippen molar-refractivity contribution in [2.45, 2.75) is 26.0 Å². The smallest absolute Gasteiger partial charge is 0.188 e. The lowest BCUT2D eigenvalue weighted by molar-refractivity contribution is 0.102. The third-order valence-corrected chi connectivity index (χ3v) is 6.93. The van der Waals surface area contributed by atoms with Crippen molar-refractivity contribution in [3.8, 4) is 0 Å². The van der Waals surface area contributed by atoms with Gasteiger partial charge in [-0.1, -0.05) is 13.8 Å². The largest absolute Gasteiger partial charge is 0.292 e. The van der Waals surface area contributed by atoms with E-state index in [1.165, 1.54) is 11.3 Å². The van der Waals surface area contributed by atoms with E-state index in [2.05, 4.69) is 15.9 Å². The second-order valence-electron chi connectivity index (χ2n) is 4.28. The quantitative estimate of drug-likeness (QED) is 0.775. The van der Waals surface area contributed by atoms with E-state index in [1.807, 2.05) is 13.8 Å². The van der Waals surface area contributed by atoms with Crippen molar-refractivity contribution in [3.05, 3.63) is 20.8 Å². The summed E-state index contributed by atoms with van der Waals surface area (Å²) in [6.07, 6.45) is 0. The summed E-state index contributed by atoms with van der Waals surface area (Å²) in [5, 5.41) is 1.26. The third kappa shape index (κ3) is 3.63. The average molecular weight is 339 g/mol. The molecule has 0 aromatic carbocycles. The van der Waals surface area contributed by atoms with Gasteiger partial charge in [-0.2, -0.15) is 0 Å². The summed E-state index contributed by atoms with van der Waals surface area (Å²) in [5.74, 6) is -0.732. The SMILES string of the molecule is CC(C)C(C)S(=O)(=O)CC(=O)c1sccc1Br. The highest BCUT2D eigenvalue weighted by Crippen LogP contribution is 2.24. The molecule has 0 N–H and O–H groups in total. The molecule has 1 unspecified atom stereocenters. The summed E-state index contributed by atoms with van der Waals surface area (Å²) >= 11 is 4.49. The van der Waals surface area contributed by atoms with Crippen LogP contribution in [0.3, 0.4) is 0 Å². The van der Waals surface area contributed by atoms with Crippen molar-refractivity contribution < 1.29 is 13.2 Å².